The summed E-state index contributed by atoms with van der Waals surface area (Å²) in [5.41, 5.74) is 1.50. The smallest absolute Gasteiger partial charge is 0.350 e. The predicted octanol–water partition coefficient (Wildman–Crippen LogP) is 3.40. The van der Waals surface area contributed by atoms with Crippen molar-refractivity contribution in [1.82, 2.24) is 15.6 Å². The summed E-state index contributed by atoms with van der Waals surface area (Å²) in [5.74, 6) is 0.253. The first kappa shape index (κ1) is 21.8. The van der Waals surface area contributed by atoms with E-state index in [4.69, 9.17) is 4.74 Å². The molecular formula is C21H20N4O5S. The van der Waals surface area contributed by atoms with E-state index in [1.807, 2.05) is 0 Å². The third kappa shape index (κ3) is 5.80. The number of carbonyl (C=O) groups excluding carboxylic acids is 3. The average molecular weight is 440 g/mol. The molecule has 9 nitrogen and oxygen atoms in total. The highest BCUT2D eigenvalue weighted by atomic mass is 32.1. The molecule has 0 aliphatic carbocycles. The summed E-state index contributed by atoms with van der Waals surface area (Å²) in [6.45, 7) is 0.278. The molecule has 0 saturated heterocycles. The summed E-state index contributed by atoms with van der Waals surface area (Å²) >= 11 is 1.19. The molecule has 31 heavy (non-hydrogen) atoms. The van der Waals surface area contributed by atoms with E-state index in [1.165, 1.54) is 31.7 Å². The molecule has 0 spiro atoms. The van der Waals surface area contributed by atoms with E-state index in [9.17, 15) is 14.4 Å². The number of hydrogen-bond donors (Lipinski definition) is 3. The summed E-state index contributed by atoms with van der Waals surface area (Å²) in [7, 11) is 2.82. The Balaban J connectivity index is 1.54. The van der Waals surface area contributed by atoms with Crippen LogP contribution in [-0.2, 0) is 11.3 Å². The lowest BCUT2D eigenvalue weighted by Gasteiger charge is -2.09. The van der Waals surface area contributed by atoms with Crippen LogP contribution in [-0.4, -0.2) is 37.0 Å². The number of aromatic nitrogens is 1. The minimum Gasteiger partial charge on any atom is -0.465 e. The second kappa shape index (κ2) is 10.2. The highest BCUT2D eigenvalue weighted by molar-refractivity contribution is 7.12. The SMILES string of the molecule is CNC(=O)c1cc(Oc2ccc(CNC(=O)Nc3ccsc3C(=O)OC)cc2)ccn1. The summed E-state index contributed by atoms with van der Waals surface area (Å²) in [6.07, 6.45) is 1.50. The molecule has 0 saturated carbocycles. The molecule has 0 unspecified atom stereocenters. The Morgan fingerprint density at radius 1 is 1.06 bits per heavy atom. The van der Waals surface area contributed by atoms with Gasteiger partial charge in [-0.2, -0.15) is 0 Å². The molecule has 3 aromatic rings. The Kier molecular flexibility index (Phi) is 7.17. The van der Waals surface area contributed by atoms with Crippen molar-refractivity contribution in [2.75, 3.05) is 19.5 Å². The number of hydrogen-bond acceptors (Lipinski definition) is 7. The van der Waals surface area contributed by atoms with Crippen LogP contribution in [0.25, 0.3) is 0 Å². The number of rotatable bonds is 7. The van der Waals surface area contributed by atoms with Crippen LogP contribution in [0, 0.1) is 0 Å². The molecule has 2 aromatic heterocycles. The van der Waals surface area contributed by atoms with Crippen molar-refractivity contribution in [3.63, 3.8) is 0 Å². The van der Waals surface area contributed by atoms with E-state index in [0.29, 0.717) is 22.1 Å². The van der Waals surface area contributed by atoms with Gasteiger partial charge in [0, 0.05) is 25.9 Å². The van der Waals surface area contributed by atoms with Crippen LogP contribution in [0.5, 0.6) is 11.5 Å². The van der Waals surface area contributed by atoms with Gasteiger partial charge in [-0.1, -0.05) is 12.1 Å². The van der Waals surface area contributed by atoms with E-state index in [2.05, 4.69) is 25.7 Å². The molecule has 3 amide bonds. The van der Waals surface area contributed by atoms with Crippen LogP contribution in [0.4, 0.5) is 10.5 Å². The maximum absolute atomic E-state index is 12.1. The third-order valence-electron chi connectivity index (χ3n) is 4.09. The average Bonchev–Trinajstić information content (AvgIpc) is 3.25. The molecular weight excluding hydrogens is 420 g/mol. The molecule has 160 valence electrons. The number of nitrogens with zero attached hydrogens (tertiary/aromatic N) is 1. The number of pyridine rings is 1. The van der Waals surface area contributed by atoms with Gasteiger partial charge in [0.05, 0.1) is 12.8 Å². The van der Waals surface area contributed by atoms with Crippen LogP contribution in [0.3, 0.4) is 0 Å². The van der Waals surface area contributed by atoms with E-state index in [0.717, 1.165) is 5.56 Å². The van der Waals surface area contributed by atoms with Gasteiger partial charge in [0.25, 0.3) is 5.91 Å². The van der Waals surface area contributed by atoms with Crippen molar-refractivity contribution < 1.29 is 23.9 Å². The number of urea groups is 1. The zero-order chi connectivity index (χ0) is 22.2. The summed E-state index contributed by atoms with van der Waals surface area (Å²) in [5, 5.41) is 9.57. The molecule has 2 heterocycles. The minimum absolute atomic E-state index is 0.257. The molecule has 3 N–H and O–H groups in total. The van der Waals surface area contributed by atoms with Gasteiger partial charge in [-0.25, -0.2) is 9.59 Å². The van der Waals surface area contributed by atoms with Crippen LogP contribution < -0.4 is 20.7 Å². The topological polar surface area (TPSA) is 119 Å². The van der Waals surface area contributed by atoms with Gasteiger partial charge in [0.1, 0.15) is 22.1 Å². The Labute approximate surface area is 182 Å². The largest absolute Gasteiger partial charge is 0.465 e. The number of methoxy groups -OCH3 is 1. The fraction of sp³-hybridized carbons (Fsp3) is 0.143. The normalized spacial score (nSPS) is 10.1. The zero-order valence-electron chi connectivity index (χ0n) is 16.8. The van der Waals surface area contributed by atoms with Gasteiger partial charge in [-0.3, -0.25) is 9.78 Å². The van der Waals surface area contributed by atoms with Crippen molar-refractivity contribution >= 4 is 34.9 Å². The number of esters is 1. The van der Waals surface area contributed by atoms with Crippen molar-refractivity contribution in [2.45, 2.75) is 6.54 Å². The van der Waals surface area contributed by atoms with Gasteiger partial charge in [-0.05, 0) is 35.2 Å². The van der Waals surface area contributed by atoms with Crippen LogP contribution in [0.15, 0.2) is 54.0 Å². The van der Waals surface area contributed by atoms with Gasteiger partial charge < -0.3 is 25.4 Å². The van der Waals surface area contributed by atoms with E-state index in [-0.39, 0.29) is 18.1 Å². The van der Waals surface area contributed by atoms with Gasteiger partial charge in [0.2, 0.25) is 0 Å². The van der Waals surface area contributed by atoms with Crippen LogP contribution >= 0.6 is 11.3 Å². The lowest BCUT2D eigenvalue weighted by molar-refractivity contribution is 0.0607. The molecule has 3 rings (SSSR count). The first-order valence-corrected chi connectivity index (χ1v) is 10.0. The van der Waals surface area contributed by atoms with Gasteiger partial charge >= 0.3 is 12.0 Å². The molecule has 0 fully saturated rings. The minimum atomic E-state index is -0.502. The fourth-order valence-electron chi connectivity index (χ4n) is 2.55. The number of anilines is 1. The molecule has 1 aromatic carbocycles. The first-order chi connectivity index (χ1) is 15.0. The number of thiophene rings is 1. The highest BCUT2D eigenvalue weighted by Gasteiger charge is 2.15. The number of ether oxygens (including phenoxy) is 2. The Hall–Kier alpha value is -3.92. The molecule has 0 aliphatic heterocycles. The molecule has 0 aliphatic rings. The standard InChI is InChI=1S/C21H20N4O5S/c1-22-19(26)17-11-15(7-9-23-17)30-14-5-3-13(4-6-14)12-24-21(28)25-16-8-10-31-18(16)20(27)29-2/h3-11H,12H2,1-2H3,(H,22,26)(H2,24,25,28). The quantitative estimate of drug-likeness (QED) is 0.485. The monoisotopic (exact) mass is 440 g/mol. The Morgan fingerprint density at radius 3 is 2.55 bits per heavy atom. The second-order valence-electron chi connectivity index (χ2n) is 6.16. The summed E-state index contributed by atoms with van der Waals surface area (Å²) in [4.78, 5) is 39.8. The van der Waals surface area contributed by atoms with Crippen LogP contribution in [0.1, 0.15) is 25.7 Å². The lowest BCUT2D eigenvalue weighted by Crippen LogP contribution is -2.28. The summed E-state index contributed by atoms with van der Waals surface area (Å²) in [6, 6.07) is 11.5. The molecule has 0 atom stereocenters. The Morgan fingerprint density at radius 2 is 1.84 bits per heavy atom. The molecule has 0 bridgehead atoms. The second-order valence-corrected chi connectivity index (χ2v) is 7.08. The molecule has 10 heteroatoms. The maximum Gasteiger partial charge on any atom is 0.350 e. The predicted molar refractivity (Wildman–Crippen MR) is 116 cm³/mol. The van der Waals surface area contributed by atoms with Crippen molar-refractivity contribution in [2.24, 2.45) is 0 Å². The number of amides is 3. The van der Waals surface area contributed by atoms with Crippen molar-refractivity contribution in [3.05, 3.63) is 70.2 Å². The molecule has 0 radical (unpaired) electrons. The van der Waals surface area contributed by atoms with E-state index in [1.54, 1.807) is 47.8 Å². The highest BCUT2D eigenvalue weighted by Crippen LogP contribution is 2.23. The van der Waals surface area contributed by atoms with Gasteiger partial charge in [0.15, 0.2) is 0 Å². The third-order valence-corrected chi connectivity index (χ3v) is 4.98. The lowest BCUT2D eigenvalue weighted by atomic mass is 10.2. The van der Waals surface area contributed by atoms with Crippen LogP contribution in [0.2, 0.25) is 0 Å². The Bertz CT molecular complexity index is 1080. The number of nitrogens with one attached hydrogen (secondary N) is 3. The van der Waals surface area contributed by atoms with E-state index >= 15 is 0 Å². The van der Waals surface area contributed by atoms with Crippen molar-refractivity contribution in [1.29, 1.82) is 0 Å². The first-order valence-electron chi connectivity index (χ1n) is 9.15. The number of carbonyl (C=O) groups is 3. The summed E-state index contributed by atoms with van der Waals surface area (Å²) < 4.78 is 10.4. The zero-order valence-corrected chi connectivity index (χ0v) is 17.6. The number of benzene rings is 1. The van der Waals surface area contributed by atoms with Gasteiger partial charge in [-0.15, -0.1) is 11.3 Å². The fourth-order valence-corrected chi connectivity index (χ4v) is 3.31. The van der Waals surface area contributed by atoms with Crippen molar-refractivity contribution in [3.8, 4) is 11.5 Å². The maximum atomic E-state index is 12.1. The van der Waals surface area contributed by atoms with E-state index < -0.39 is 12.0 Å².